The molecule has 1 atom stereocenters. The van der Waals surface area contributed by atoms with Crippen molar-refractivity contribution in [3.63, 3.8) is 0 Å². The van der Waals surface area contributed by atoms with Crippen molar-refractivity contribution >= 4 is 22.3 Å². The van der Waals surface area contributed by atoms with E-state index in [0.29, 0.717) is 33.2 Å². The molecule has 0 fully saturated rings. The number of aryl methyl sites for hydroxylation is 1. The molecule has 5 heteroatoms. The van der Waals surface area contributed by atoms with Gasteiger partial charge in [-0.05, 0) is 24.6 Å². The third kappa shape index (κ3) is 3.28. The first-order valence-electron chi connectivity index (χ1n) is 11.8. The largest absolute Gasteiger partial charge is 0.289 e. The number of ketones is 1. The summed E-state index contributed by atoms with van der Waals surface area (Å²) in [6.07, 6.45) is 0. The maximum Gasteiger partial charge on any atom is 0.278 e. The van der Waals surface area contributed by atoms with Crippen molar-refractivity contribution in [3.8, 4) is 0 Å². The Labute approximate surface area is 207 Å². The molecule has 0 amide bonds. The zero-order chi connectivity index (χ0) is 24.8. The molecule has 1 unspecified atom stereocenters. The van der Waals surface area contributed by atoms with Gasteiger partial charge in [-0.3, -0.25) is 14.4 Å². The number of allylic oxidation sites excluding steroid dienone is 1. The Morgan fingerprint density at radius 1 is 0.667 bits per heavy atom. The Morgan fingerprint density at radius 2 is 1.22 bits per heavy atom. The van der Waals surface area contributed by atoms with E-state index in [1.807, 2.05) is 79.7 Å². The Bertz CT molecular complexity index is 1780. The van der Waals surface area contributed by atoms with Crippen molar-refractivity contribution in [1.29, 1.82) is 0 Å². The molecule has 0 saturated heterocycles. The highest BCUT2D eigenvalue weighted by atomic mass is 16.2. The van der Waals surface area contributed by atoms with Gasteiger partial charge in [0.25, 0.3) is 11.1 Å². The van der Waals surface area contributed by atoms with Gasteiger partial charge in [0.05, 0.1) is 22.0 Å². The standard InChI is InChI=1S/C31H22N2O3/c1-20-16-18-22(19-17-20)28-26(29(34)23-12-6-3-7-13-23)27(21-10-4-2-5-11-21)32-30(35)24-14-8-9-15-25(24)31(36)33(28)32/h2-19,28H,1H3. The second kappa shape index (κ2) is 8.47. The van der Waals surface area contributed by atoms with E-state index >= 15 is 0 Å². The molecule has 0 radical (unpaired) electrons. The average molecular weight is 471 g/mol. The molecular weight excluding hydrogens is 448 g/mol. The molecule has 5 nitrogen and oxygen atoms in total. The van der Waals surface area contributed by atoms with Crippen molar-refractivity contribution in [3.05, 3.63) is 158 Å². The van der Waals surface area contributed by atoms with Gasteiger partial charge in [0.1, 0.15) is 6.04 Å². The van der Waals surface area contributed by atoms with Gasteiger partial charge in [-0.2, -0.15) is 0 Å². The van der Waals surface area contributed by atoms with Crippen LogP contribution >= 0.6 is 0 Å². The molecule has 6 rings (SSSR count). The molecule has 4 aromatic carbocycles. The number of hydrogen-bond donors (Lipinski definition) is 0. The van der Waals surface area contributed by atoms with Gasteiger partial charge in [0, 0.05) is 11.1 Å². The van der Waals surface area contributed by atoms with Crippen molar-refractivity contribution in [2.45, 2.75) is 13.0 Å². The van der Waals surface area contributed by atoms with Crippen LogP contribution in [0.5, 0.6) is 0 Å². The highest BCUT2D eigenvalue weighted by molar-refractivity contribution is 6.14. The third-order valence-corrected chi connectivity index (χ3v) is 6.71. The van der Waals surface area contributed by atoms with E-state index in [1.165, 1.54) is 9.36 Å². The van der Waals surface area contributed by atoms with E-state index in [0.717, 1.165) is 11.1 Å². The summed E-state index contributed by atoms with van der Waals surface area (Å²) >= 11 is 0. The summed E-state index contributed by atoms with van der Waals surface area (Å²) in [7, 11) is 0. The van der Waals surface area contributed by atoms with Crippen molar-refractivity contribution < 1.29 is 4.79 Å². The average Bonchev–Trinajstić information content (AvgIpc) is 3.29. The minimum Gasteiger partial charge on any atom is -0.289 e. The van der Waals surface area contributed by atoms with Crippen LogP contribution in [0.15, 0.2) is 124 Å². The number of benzene rings is 4. The van der Waals surface area contributed by atoms with Gasteiger partial charge >= 0.3 is 0 Å². The number of fused-ring (bicyclic) bond motifs is 2. The van der Waals surface area contributed by atoms with Crippen LogP contribution in [0.25, 0.3) is 16.5 Å². The maximum absolute atomic E-state index is 14.2. The molecule has 36 heavy (non-hydrogen) atoms. The van der Waals surface area contributed by atoms with Gasteiger partial charge in [-0.1, -0.05) is 103 Å². The lowest BCUT2D eigenvalue weighted by molar-refractivity contribution is 0.102. The predicted octanol–water partition coefficient (Wildman–Crippen LogP) is 5.22. The lowest BCUT2D eigenvalue weighted by Crippen LogP contribution is -2.37. The fourth-order valence-corrected chi connectivity index (χ4v) is 5.00. The molecular formula is C31H22N2O3. The molecule has 0 bridgehead atoms. The first-order chi connectivity index (χ1) is 17.6. The number of nitrogens with zero attached hydrogens (tertiary/aromatic N) is 2. The van der Waals surface area contributed by atoms with Crippen LogP contribution in [0.2, 0.25) is 0 Å². The summed E-state index contributed by atoms with van der Waals surface area (Å²) < 4.78 is 2.86. The van der Waals surface area contributed by atoms with E-state index in [4.69, 9.17) is 0 Å². The van der Waals surface area contributed by atoms with Crippen LogP contribution in [0.1, 0.15) is 33.1 Å². The molecule has 0 saturated carbocycles. The van der Waals surface area contributed by atoms with Gasteiger partial charge in [-0.15, -0.1) is 0 Å². The maximum atomic E-state index is 14.2. The second-order valence-electron chi connectivity index (χ2n) is 8.95. The summed E-state index contributed by atoms with van der Waals surface area (Å²) in [5, 5.41) is 0.653. The molecule has 5 aromatic rings. The van der Waals surface area contributed by atoms with E-state index in [1.54, 1.807) is 36.4 Å². The molecule has 174 valence electrons. The van der Waals surface area contributed by atoms with Crippen molar-refractivity contribution in [2.75, 3.05) is 0 Å². The molecule has 1 aliphatic rings. The van der Waals surface area contributed by atoms with E-state index in [-0.39, 0.29) is 16.9 Å². The van der Waals surface area contributed by atoms with Crippen LogP contribution in [-0.2, 0) is 0 Å². The van der Waals surface area contributed by atoms with E-state index in [9.17, 15) is 14.4 Å². The fraction of sp³-hybridized carbons (Fsp3) is 0.0645. The number of carbonyl (C=O) groups is 1. The highest BCUT2D eigenvalue weighted by Gasteiger charge is 2.39. The minimum absolute atomic E-state index is 0.223. The number of carbonyl (C=O) groups excluding carboxylic acids is 1. The van der Waals surface area contributed by atoms with Crippen LogP contribution in [0.4, 0.5) is 0 Å². The van der Waals surface area contributed by atoms with Gasteiger partial charge < -0.3 is 0 Å². The number of Topliss-reactive ketones (excluding diaryl/α,β-unsaturated/α-hetero) is 1. The van der Waals surface area contributed by atoms with E-state index in [2.05, 4.69) is 0 Å². The van der Waals surface area contributed by atoms with Crippen LogP contribution in [0, 0.1) is 6.92 Å². The summed E-state index contributed by atoms with van der Waals surface area (Å²) in [5.74, 6) is -0.223. The van der Waals surface area contributed by atoms with Gasteiger partial charge in [-0.25, -0.2) is 9.36 Å². The van der Waals surface area contributed by atoms with Gasteiger partial charge in [0.15, 0.2) is 5.78 Å². The van der Waals surface area contributed by atoms with Crippen LogP contribution in [-0.4, -0.2) is 15.1 Å². The zero-order valence-electron chi connectivity index (χ0n) is 19.6. The molecule has 0 aliphatic carbocycles. The molecule has 2 heterocycles. The smallest absolute Gasteiger partial charge is 0.278 e. The Hall–Kier alpha value is -4.77. The summed E-state index contributed by atoms with van der Waals surface area (Å²) in [4.78, 5) is 42.1. The van der Waals surface area contributed by atoms with Gasteiger partial charge in [0.2, 0.25) is 0 Å². The summed E-state index contributed by atoms with van der Waals surface area (Å²) in [6, 6.07) is 32.1. The third-order valence-electron chi connectivity index (χ3n) is 6.71. The first kappa shape index (κ1) is 21.7. The SMILES string of the molecule is Cc1ccc(C2C(C(=O)c3ccccc3)=C(c3ccccc3)n3c(=O)c4ccccc4c(=O)n32)cc1. The predicted molar refractivity (Wildman–Crippen MR) is 141 cm³/mol. The fourth-order valence-electron chi connectivity index (χ4n) is 5.00. The lowest BCUT2D eigenvalue weighted by Gasteiger charge is -2.19. The van der Waals surface area contributed by atoms with Crippen LogP contribution < -0.4 is 11.1 Å². The molecule has 0 N–H and O–H groups in total. The Morgan fingerprint density at radius 3 is 1.86 bits per heavy atom. The zero-order valence-corrected chi connectivity index (χ0v) is 19.6. The second-order valence-corrected chi connectivity index (χ2v) is 8.95. The van der Waals surface area contributed by atoms with Crippen LogP contribution in [0.3, 0.4) is 0 Å². The van der Waals surface area contributed by atoms with E-state index < -0.39 is 6.04 Å². The lowest BCUT2D eigenvalue weighted by atomic mass is 9.89. The number of aromatic nitrogens is 2. The monoisotopic (exact) mass is 470 g/mol. The quantitative estimate of drug-likeness (QED) is 0.339. The Balaban J connectivity index is 1.79. The Kier molecular flexibility index (Phi) is 5.11. The minimum atomic E-state index is -0.765. The highest BCUT2D eigenvalue weighted by Crippen LogP contribution is 2.39. The molecule has 1 aliphatic heterocycles. The summed E-state index contributed by atoms with van der Waals surface area (Å²) in [6.45, 7) is 1.98. The number of hydrogen-bond acceptors (Lipinski definition) is 3. The normalized spacial score (nSPS) is 14.8. The number of rotatable bonds is 4. The first-order valence-corrected chi connectivity index (χ1v) is 11.8. The topological polar surface area (TPSA) is 61.1 Å². The van der Waals surface area contributed by atoms with Crippen molar-refractivity contribution in [2.24, 2.45) is 0 Å². The summed E-state index contributed by atoms with van der Waals surface area (Å²) in [5.41, 5.74) is 3.18. The molecule has 1 aromatic heterocycles. The molecule has 0 spiro atoms. The van der Waals surface area contributed by atoms with Crippen molar-refractivity contribution in [1.82, 2.24) is 9.36 Å².